The van der Waals surface area contributed by atoms with Crippen molar-refractivity contribution in [2.45, 2.75) is 43.9 Å². The number of hydrogen-bond donors (Lipinski definition) is 1. The van der Waals surface area contributed by atoms with Crippen molar-refractivity contribution in [1.29, 1.82) is 0 Å². The quantitative estimate of drug-likeness (QED) is 0.735. The van der Waals surface area contributed by atoms with Crippen molar-refractivity contribution in [3.8, 4) is 5.75 Å². The predicted octanol–water partition coefficient (Wildman–Crippen LogP) is 2.62. The number of nitrogens with zero attached hydrogens (tertiary/aromatic N) is 2. The second-order valence-electron chi connectivity index (χ2n) is 6.23. The first-order chi connectivity index (χ1) is 12.9. The molecule has 1 atom stereocenters. The first-order valence-corrected chi connectivity index (χ1v) is 10.0. The zero-order valence-electron chi connectivity index (χ0n) is 14.8. The van der Waals surface area contributed by atoms with Crippen molar-refractivity contribution in [3.05, 3.63) is 41.7 Å². The molecule has 0 bridgehead atoms. The van der Waals surface area contributed by atoms with Gasteiger partial charge >= 0.3 is 6.55 Å². The highest BCUT2D eigenvalue weighted by molar-refractivity contribution is 7.89. The third-order valence-electron chi connectivity index (χ3n) is 4.30. The van der Waals surface area contributed by atoms with Crippen LogP contribution in [-0.4, -0.2) is 37.5 Å². The lowest BCUT2D eigenvalue weighted by Gasteiger charge is -2.12. The van der Waals surface area contributed by atoms with Gasteiger partial charge in [-0.2, -0.15) is 13.9 Å². The molecular weight excluding hydrogens is 380 g/mol. The number of aromatic nitrogens is 2. The number of rotatable bonds is 8. The van der Waals surface area contributed by atoms with E-state index in [9.17, 15) is 17.2 Å². The van der Waals surface area contributed by atoms with E-state index in [1.165, 1.54) is 6.92 Å². The van der Waals surface area contributed by atoms with Gasteiger partial charge in [-0.3, -0.25) is 0 Å². The molecule has 0 aliphatic carbocycles. The Kier molecular flexibility index (Phi) is 6.08. The van der Waals surface area contributed by atoms with Crippen LogP contribution in [-0.2, 0) is 21.3 Å². The highest BCUT2D eigenvalue weighted by Crippen LogP contribution is 2.21. The molecule has 0 amide bonds. The fourth-order valence-corrected chi connectivity index (χ4v) is 4.01. The second-order valence-corrected chi connectivity index (χ2v) is 7.97. The molecule has 148 valence electrons. The van der Waals surface area contributed by atoms with Gasteiger partial charge in [-0.25, -0.2) is 17.8 Å². The van der Waals surface area contributed by atoms with Crippen LogP contribution in [0.2, 0.25) is 0 Å². The van der Waals surface area contributed by atoms with E-state index in [0.29, 0.717) is 22.6 Å². The van der Waals surface area contributed by atoms with Gasteiger partial charge in [0.05, 0.1) is 18.0 Å². The number of ether oxygens (including phenoxy) is 2. The molecule has 7 nitrogen and oxygen atoms in total. The highest BCUT2D eigenvalue weighted by Gasteiger charge is 2.23. The molecule has 3 rings (SSSR count). The minimum Gasteiger partial charge on any atom is -0.491 e. The maximum absolute atomic E-state index is 12.8. The maximum Gasteiger partial charge on any atom is 0.333 e. The lowest BCUT2D eigenvalue weighted by molar-refractivity contribution is 0.0541. The predicted molar refractivity (Wildman–Crippen MR) is 93.2 cm³/mol. The molecular formula is C17H21F2N3O4S. The van der Waals surface area contributed by atoms with Gasteiger partial charge in [0.2, 0.25) is 10.0 Å². The fraction of sp³-hybridized carbons (Fsp3) is 0.471. The maximum atomic E-state index is 12.8. The lowest BCUT2D eigenvalue weighted by Crippen LogP contribution is -2.24. The summed E-state index contributed by atoms with van der Waals surface area (Å²) in [5.41, 5.74) is 0.563. The molecule has 1 aromatic carbocycles. The number of nitrogens with one attached hydrogen (secondary N) is 1. The summed E-state index contributed by atoms with van der Waals surface area (Å²) in [4.78, 5) is -0.270. The molecule has 1 aromatic heterocycles. The van der Waals surface area contributed by atoms with Crippen LogP contribution in [0.5, 0.6) is 5.75 Å². The van der Waals surface area contributed by atoms with Gasteiger partial charge in [0.15, 0.2) is 0 Å². The summed E-state index contributed by atoms with van der Waals surface area (Å²) in [6, 6.07) is 7.02. The monoisotopic (exact) mass is 401 g/mol. The molecule has 10 heteroatoms. The standard InChI is InChI=1S/C17H21F2N3O4S/c1-12-16(10-20-22(12)17(18)19)27(23,24)21-9-13-4-2-5-14(8-13)26-11-15-6-3-7-25-15/h2,4-5,8,10,15,17,21H,3,6-7,9,11H2,1H3. The van der Waals surface area contributed by atoms with Crippen LogP contribution in [0.3, 0.4) is 0 Å². The second kappa shape index (κ2) is 8.32. The number of hydrogen-bond acceptors (Lipinski definition) is 5. The largest absolute Gasteiger partial charge is 0.491 e. The van der Waals surface area contributed by atoms with E-state index < -0.39 is 16.6 Å². The molecule has 1 aliphatic heterocycles. The molecule has 0 spiro atoms. The first kappa shape index (κ1) is 19.7. The topological polar surface area (TPSA) is 82.5 Å². The average Bonchev–Trinajstić information content (AvgIpc) is 3.28. The Bertz CT molecular complexity index is 880. The van der Waals surface area contributed by atoms with E-state index >= 15 is 0 Å². The SMILES string of the molecule is Cc1c(S(=O)(=O)NCc2cccc(OCC3CCCO3)c2)cnn1C(F)F. The van der Waals surface area contributed by atoms with Crippen molar-refractivity contribution >= 4 is 10.0 Å². The summed E-state index contributed by atoms with van der Waals surface area (Å²) in [7, 11) is -3.97. The summed E-state index contributed by atoms with van der Waals surface area (Å²) >= 11 is 0. The van der Waals surface area contributed by atoms with Crippen molar-refractivity contribution in [2.24, 2.45) is 0 Å². The Morgan fingerprint density at radius 3 is 2.93 bits per heavy atom. The van der Waals surface area contributed by atoms with Gasteiger partial charge < -0.3 is 9.47 Å². The summed E-state index contributed by atoms with van der Waals surface area (Å²) in [5, 5.41) is 3.43. The van der Waals surface area contributed by atoms with Crippen LogP contribution < -0.4 is 9.46 Å². The zero-order chi connectivity index (χ0) is 19.4. The van der Waals surface area contributed by atoms with Gasteiger partial charge in [0, 0.05) is 13.2 Å². The smallest absolute Gasteiger partial charge is 0.333 e. The van der Waals surface area contributed by atoms with Crippen molar-refractivity contribution < 1.29 is 26.7 Å². The van der Waals surface area contributed by atoms with Crippen LogP contribution in [0.1, 0.15) is 30.6 Å². The van der Waals surface area contributed by atoms with Crippen LogP contribution >= 0.6 is 0 Å². The third kappa shape index (κ3) is 4.82. The molecule has 1 N–H and O–H groups in total. The molecule has 1 aliphatic rings. The Labute approximate surface area is 156 Å². The van der Waals surface area contributed by atoms with Gasteiger partial charge in [0.1, 0.15) is 17.3 Å². The van der Waals surface area contributed by atoms with Gasteiger partial charge in [0.25, 0.3) is 0 Å². The molecule has 1 fully saturated rings. The molecule has 1 saturated heterocycles. The van der Waals surface area contributed by atoms with Crippen LogP contribution in [0.15, 0.2) is 35.4 Å². The first-order valence-electron chi connectivity index (χ1n) is 8.52. The lowest BCUT2D eigenvalue weighted by atomic mass is 10.2. The fourth-order valence-electron chi connectivity index (χ4n) is 2.83. The van der Waals surface area contributed by atoms with E-state index in [0.717, 1.165) is 25.6 Å². The summed E-state index contributed by atoms with van der Waals surface area (Å²) in [6.07, 6.45) is 2.99. The zero-order valence-corrected chi connectivity index (χ0v) is 15.6. The Balaban J connectivity index is 1.62. The van der Waals surface area contributed by atoms with Crippen LogP contribution in [0, 0.1) is 6.92 Å². The molecule has 2 aromatic rings. The highest BCUT2D eigenvalue weighted by atomic mass is 32.2. The summed E-state index contributed by atoms with van der Waals surface area (Å²) in [5.74, 6) is 0.615. The van der Waals surface area contributed by atoms with Crippen LogP contribution in [0.4, 0.5) is 8.78 Å². The third-order valence-corrected chi connectivity index (χ3v) is 5.80. The molecule has 0 saturated carbocycles. The van der Waals surface area contributed by atoms with Crippen LogP contribution in [0.25, 0.3) is 0 Å². The number of sulfonamides is 1. The minimum absolute atomic E-state index is 0.00123. The van der Waals surface area contributed by atoms with Crippen molar-refractivity contribution in [3.63, 3.8) is 0 Å². The molecule has 2 heterocycles. The van der Waals surface area contributed by atoms with Gasteiger partial charge in [-0.05, 0) is 37.5 Å². The van der Waals surface area contributed by atoms with Gasteiger partial charge in [-0.15, -0.1) is 0 Å². The van der Waals surface area contributed by atoms with E-state index in [2.05, 4.69) is 9.82 Å². The Morgan fingerprint density at radius 1 is 1.44 bits per heavy atom. The Hall–Kier alpha value is -2.04. The normalized spacial score (nSPS) is 17.6. The van der Waals surface area contributed by atoms with Crippen molar-refractivity contribution in [1.82, 2.24) is 14.5 Å². The van der Waals surface area contributed by atoms with E-state index in [4.69, 9.17) is 9.47 Å². The minimum atomic E-state index is -3.97. The summed E-state index contributed by atoms with van der Waals surface area (Å²) in [6.45, 7) is -0.420. The van der Waals surface area contributed by atoms with Gasteiger partial charge in [-0.1, -0.05) is 12.1 Å². The Morgan fingerprint density at radius 2 is 2.26 bits per heavy atom. The number of benzene rings is 1. The van der Waals surface area contributed by atoms with E-state index in [1.807, 2.05) is 0 Å². The number of halogens is 2. The molecule has 1 unspecified atom stereocenters. The number of alkyl halides is 2. The average molecular weight is 401 g/mol. The molecule has 27 heavy (non-hydrogen) atoms. The molecule has 0 radical (unpaired) electrons. The van der Waals surface area contributed by atoms with E-state index in [-0.39, 0.29) is 23.2 Å². The summed E-state index contributed by atoms with van der Waals surface area (Å²) < 4.78 is 64.3. The van der Waals surface area contributed by atoms with E-state index in [1.54, 1.807) is 24.3 Å². The van der Waals surface area contributed by atoms with Crippen molar-refractivity contribution in [2.75, 3.05) is 13.2 Å².